The fourth-order valence-electron chi connectivity index (χ4n) is 3.20. The van der Waals surface area contributed by atoms with Crippen LogP contribution in [0, 0.1) is 0 Å². The molecule has 1 aliphatic rings. The van der Waals surface area contributed by atoms with Crippen LogP contribution in [-0.2, 0) is 9.59 Å². The van der Waals surface area contributed by atoms with Gasteiger partial charge in [-0.25, -0.2) is 4.90 Å². The van der Waals surface area contributed by atoms with Crippen LogP contribution >= 0.6 is 11.8 Å². The van der Waals surface area contributed by atoms with Crippen LogP contribution in [0.4, 0.5) is 11.4 Å². The number of carbonyl (C=O) groups is 2. The van der Waals surface area contributed by atoms with Gasteiger partial charge in [0.05, 0.1) is 19.9 Å². The fourth-order valence-corrected chi connectivity index (χ4v) is 4.15. The van der Waals surface area contributed by atoms with Gasteiger partial charge in [0, 0.05) is 16.6 Å². The van der Waals surface area contributed by atoms with Gasteiger partial charge in [-0.1, -0.05) is 48.2 Å². The predicted octanol–water partition coefficient (Wildman–Crippen LogP) is 4.69. The Kier molecular flexibility index (Phi) is 5.95. The first-order valence-electron chi connectivity index (χ1n) is 9.52. The third-order valence-corrected chi connectivity index (χ3v) is 5.76. The summed E-state index contributed by atoms with van der Waals surface area (Å²) in [5, 5.41) is 3.13. The third-order valence-electron chi connectivity index (χ3n) is 4.67. The zero-order chi connectivity index (χ0) is 21.8. The molecule has 0 fully saturated rings. The lowest BCUT2D eigenvalue weighted by Gasteiger charge is -2.18. The Morgan fingerprint density at radius 1 is 0.806 bits per heavy atom. The van der Waals surface area contributed by atoms with Crippen LogP contribution in [0.15, 0.2) is 94.4 Å². The van der Waals surface area contributed by atoms with Gasteiger partial charge >= 0.3 is 0 Å². The van der Waals surface area contributed by atoms with Crippen LogP contribution in [0.5, 0.6) is 11.5 Å². The molecule has 0 saturated heterocycles. The molecule has 0 spiro atoms. The number of carbonyl (C=O) groups excluding carboxylic acids is 2. The Morgan fingerprint density at radius 3 is 2.29 bits per heavy atom. The quantitative estimate of drug-likeness (QED) is 0.546. The average Bonchev–Trinajstić information content (AvgIpc) is 3.03. The second kappa shape index (κ2) is 8.97. The summed E-state index contributed by atoms with van der Waals surface area (Å²) >= 11 is 1.25. The monoisotopic (exact) mass is 432 g/mol. The van der Waals surface area contributed by atoms with Gasteiger partial charge in [-0.15, -0.1) is 0 Å². The largest absolute Gasteiger partial charge is 0.497 e. The van der Waals surface area contributed by atoms with Crippen LogP contribution in [-0.4, -0.2) is 26.0 Å². The summed E-state index contributed by atoms with van der Waals surface area (Å²) in [6.45, 7) is 0. The number of thioether (sulfide) groups is 1. The number of imide groups is 1. The van der Waals surface area contributed by atoms with Crippen molar-refractivity contribution in [1.82, 2.24) is 0 Å². The summed E-state index contributed by atoms with van der Waals surface area (Å²) in [7, 11) is 3.08. The van der Waals surface area contributed by atoms with Crippen molar-refractivity contribution in [2.75, 3.05) is 24.4 Å². The third kappa shape index (κ3) is 4.13. The molecule has 0 unspecified atom stereocenters. The number of para-hydroxylation sites is 2. The van der Waals surface area contributed by atoms with Crippen molar-refractivity contribution in [2.24, 2.45) is 0 Å². The van der Waals surface area contributed by atoms with Crippen molar-refractivity contribution >= 4 is 35.0 Å². The molecule has 4 rings (SSSR count). The number of nitrogens with one attached hydrogen (secondary N) is 1. The molecule has 31 heavy (non-hydrogen) atoms. The minimum Gasteiger partial charge on any atom is -0.497 e. The molecule has 0 bridgehead atoms. The van der Waals surface area contributed by atoms with Crippen molar-refractivity contribution in [3.8, 4) is 11.5 Å². The van der Waals surface area contributed by atoms with Crippen molar-refractivity contribution in [3.63, 3.8) is 0 Å². The van der Waals surface area contributed by atoms with Gasteiger partial charge in [0.25, 0.3) is 11.8 Å². The topological polar surface area (TPSA) is 67.9 Å². The maximum Gasteiger partial charge on any atom is 0.283 e. The maximum absolute atomic E-state index is 13.4. The highest BCUT2D eigenvalue weighted by Crippen LogP contribution is 2.40. The zero-order valence-corrected chi connectivity index (χ0v) is 17.8. The smallest absolute Gasteiger partial charge is 0.283 e. The second-order valence-electron chi connectivity index (χ2n) is 6.59. The lowest BCUT2D eigenvalue weighted by atomic mass is 10.2. The van der Waals surface area contributed by atoms with E-state index < -0.39 is 11.8 Å². The van der Waals surface area contributed by atoms with Gasteiger partial charge in [-0.05, 0) is 36.4 Å². The first kappa shape index (κ1) is 20.6. The minimum absolute atomic E-state index is 0.206. The summed E-state index contributed by atoms with van der Waals surface area (Å²) in [5.74, 6) is 0.224. The Morgan fingerprint density at radius 2 is 1.55 bits per heavy atom. The van der Waals surface area contributed by atoms with Crippen molar-refractivity contribution < 1.29 is 19.1 Å². The van der Waals surface area contributed by atoms with E-state index in [-0.39, 0.29) is 5.70 Å². The van der Waals surface area contributed by atoms with Gasteiger partial charge in [-0.3, -0.25) is 9.59 Å². The number of ether oxygens (including phenoxy) is 2. The average molecular weight is 433 g/mol. The number of nitrogens with zero attached hydrogens (tertiary/aromatic N) is 1. The first-order valence-corrected chi connectivity index (χ1v) is 10.3. The Hall–Kier alpha value is -3.71. The molecule has 1 aliphatic heterocycles. The van der Waals surface area contributed by atoms with Crippen LogP contribution in [0.2, 0.25) is 0 Å². The van der Waals surface area contributed by atoms with Crippen molar-refractivity contribution in [2.45, 2.75) is 4.90 Å². The number of rotatable bonds is 7. The van der Waals surface area contributed by atoms with E-state index in [2.05, 4.69) is 5.32 Å². The van der Waals surface area contributed by atoms with E-state index in [1.54, 1.807) is 37.4 Å². The molecule has 6 nitrogen and oxygen atoms in total. The highest BCUT2D eigenvalue weighted by Gasteiger charge is 2.41. The summed E-state index contributed by atoms with van der Waals surface area (Å²) in [6.07, 6.45) is 0. The lowest BCUT2D eigenvalue weighted by Crippen LogP contribution is -2.32. The molecule has 7 heteroatoms. The minimum atomic E-state index is -0.448. The standard InChI is InChI=1S/C24H20N2O4S/c1-29-17-10-8-9-16(15-17)25-21-22(31-18-11-4-3-5-12-18)24(28)26(23(21)27)19-13-6-7-14-20(19)30-2/h3-15,25H,1-2H3. The number of amides is 2. The van der Waals surface area contributed by atoms with Gasteiger partial charge in [-0.2, -0.15) is 0 Å². The predicted molar refractivity (Wildman–Crippen MR) is 121 cm³/mol. The zero-order valence-electron chi connectivity index (χ0n) is 17.0. The first-order chi connectivity index (χ1) is 15.1. The van der Waals surface area contributed by atoms with Gasteiger partial charge < -0.3 is 14.8 Å². The molecule has 1 N–H and O–H groups in total. The number of hydrogen-bond acceptors (Lipinski definition) is 6. The summed E-state index contributed by atoms with van der Waals surface area (Å²) in [6, 6.07) is 23.6. The number of methoxy groups -OCH3 is 2. The molecule has 3 aromatic rings. The summed E-state index contributed by atoms with van der Waals surface area (Å²) in [5.41, 5.74) is 1.25. The molecule has 1 heterocycles. The fraction of sp³-hybridized carbons (Fsp3) is 0.0833. The van der Waals surface area contributed by atoms with Crippen LogP contribution in [0.1, 0.15) is 0 Å². The molecular formula is C24H20N2O4S. The van der Waals surface area contributed by atoms with Crippen molar-refractivity contribution in [1.29, 1.82) is 0 Å². The van der Waals surface area contributed by atoms with Gasteiger partial charge in [0.15, 0.2) is 0 Å². The van der Waals surface area contributed by atoms with Crippen molar-refractivity contribution in [3.05, 3.63) is 89.5 Å². The summed E-state index contributed by atoms with van der Waals surface area (Å²) < 4.78 is 10.7. The van der Waals surface area contributed by atoms with Crippen LogP contribution in [0.3, 0.4) is 0 Å². The second-order valence-corrected chi connectivity index (χ2v) is 7.68. The number of anilines is 2. The molecule has 2 amide bonds. The molecule has 0 aliphatic carbocycles. The molecule has 0 aromatic heterocycles. The lowest BCUT2D eigenvalue weighted by molar-refractivity contribution is -0.120. The van der Waals surface area contributed by atoms with Gasteiger partial charge in [0.2, 0.25) is 0 Å². The van der Waals surface area contributed by atoms with E-state index in [1.165, 1.54) is 18.9 Å². The molecule has 156 valence electrons. The van der Waals surface area contributed by atoms with Gasteiger partial charge in [0.1, 0.15) is 22.1 Å². The van der Waals surface area contributed by atoms with E-state index >= 15 is 0 Å². The highest BCUT2D eigenvalue weighted by molar-refractivity contribution is 8.04. The molecular weight excluding hydrogens is 412 g/mol. The van der Waals surface area contributed by atoms with Crippen LogP contribution in [0.25, 0.3) is 0 Å². The molecule has 0 radical (unpaired) electrons. The Balaban J connectivity index is 1.77. The number of hydrogen-bond donors (Lipinski definition) is 1. The van der Waals surface area contributed by atoms with E-state index in [1.807, 2.05) is 48.5 Å². The summed E-state index contributed by atoms with van der Waals surface area (Å²) in [4.78, 5) is 29.2. The van der Waals surface area contributed by atoms with E-state index in [4.69, 9.17) is 9.47 Å². The Labute approximate surface area is 184 Å². The highest BCUT2D eigenvalue weighted by atomic mass is 32.2. The van der Waals surface area contributed by atoms with E-state index in [0.29, 0.717) is 27.8 Å². The van der Waals surface area contributed by atoms with Crippen LogP contribution < -0.4 is 19.7 Å². The van der Waals surface area contributed by atoms with E-state index in [9.17, 15) is 9.59 Å². The van der Waals surface area contributed by atoms with E-state index in [0.717, 1.165) is 9.80 Å². The Bertz CT molecular complexity index is 1160. The molecule has 3 aromatic carbocycles. The SMILES string of the molecule is COc1cccc(NC2=C(Sc3ccccc3)C(=O)N(c3ccccc3OC)C2=O)c1. The molecule has 0 atom stereocenters. The molecule has 0 saturated carbocycles. The normalized spacial score (nSPS) is 13.5. The maximum atomic E-state index is 13.4. The number of benzene rings is 3.